The summed E-state index contributed by atoms with van der Waals surface area (Å²) in [4.78, 5) is 34.8. The number of unbranched alkanes of at least 4 members (excludes halogenated alkanes) is 1. The van der Waals surface area contributed by atoms with Gasteiger partial charge in [-0.2, -0.15) is 5.26 Å². The monoisotopic (exact) mass is 317 g/mol. The van der Waals surface area contributed by atoms with E-state index in [1.54, 1.807) is 24.3 Å². The molecular weight excluding hydrogens is 298 g/mol. The molecule has 2 N–H and O–H groups in total. The van der Waals surface area contributed by atoms with Gasteiger partial charge in [0.15, 0.2) is 0 Å². The number of hydrogen-bond acceptors (Lipinski definition) is 5. The maximum Gasteiger partial charge on any atom is 0.328 e. The first-order chi connectivity index (χ1) is 11.0. The number of hydrogen-bond donors (Lipinski definition) is 2. The zero-order chi connectivity index (χ0) is 17.2. The van der Waals surface area contributed by atoms with Gasteiger partial charge in [-0.1, -0.05) is 0 Å². The Hall–Kier alpha value is -2.88. The molecule has 1 aromatic rings. The smallest absolute Gasteiger partial charge is 0.328 e. The highest BCUT2D eigenvalue weighted by atomic mass is 16.5. The van der Waals surface area contributed by atoms with Crippen molar-refractivity contribution in [2.24, 2.45) is 0 Å². The Kier molecular flexibility index (Phi) is 7.27. The van der Waals surface area contributed by atoms with E-state index in [1.165, 1.54) is 14.0 Å². The quantitative estimate of drug-likeness (QED) is 0.586. The van der Waals surface area contributed by atoms with Crippen LogP contribution in [0.3, 0.4) is 0 Å². The van der Waals surface area contributed by atoms with E-state index in [0.29, 0.717) is 30.5 Å². The maximum atomic E-state index is 12.2. The lowest BCUT2D eigenvalue weighted by Crippen LogP contribution is -2.41. The second kappa shape index (κ2) is 9.20. The molecule has 0 bridgehead atoms. The highest BCUT2D eigenvalue weighted by molar-refractivity contribution is 5.97. The van der Waals surface area contributed by atoms with E-state index in [-0.39, 0.29) is 5.91 Å². The van der Waals surface area contributed by atoms with Crippen LogP contribution in [0.2, 0.25) is 0 Å². The van der Waals surface area contributed by atoms with Crippen LogP contribution in [-0.2, 0) is 14.3 Å². The summed E-state index contributed by atoms with van der Waals surface area (Å²) < 4.78 is 4.66. The molecule has 0 radical (unpaired) electrons. The molecule has 7 heteroatoms. The van der Waals surface area contributed by atoms with Crippen molar-refractivity contribution in [2.45, 2.75) is 32.2 Å². The fourth-order valence-corrected chi connectivity index (χ4v) is 1.93. The molecule has 2 amide bonds. The third kappa shape index (κ3) is 6.18. The molecule has 0 saturated carbocycles. The fraction of sp³-hybridized carbons (Fsp3) is 0.375. The number of esters is 1. The summed E-state index contributed by atoms with van der Waals surface area (Å²) >= 11 is 0. The third-order valence-corrected chi connectivity index (χ3v) is 3.04. The predicted molar refractivity (Wildman–Crippen MR) is 83.5 cm³/mol. The zero-order valence-corrected chi connectivity index (χ0v) is 13.1. The van der Waals surface area contributed by atoms with Gasteiger partial charge in [-0.15, -0.1) is 0 Å². The summed E-state index contributed by atoms with van der Waals surface area (Å²) in [7, 11) is 1.24. The predicted octanol–water partition coefficient (Wildman–Crippen LogP) is 1.61. The normalized spacial score (nSPS) is 11.0. The largest absolute Gasteiger partial charge is 0.467 e. The van der Waals surface area contributed by atoms with Crippen molar-refractivity contribution in [1.82, 2.24) is 5.32 Å². The number of methoxy groups -OCH3 is 1. The average Bonchev–Trinajstić information content (AvgIpc) is 2.53. The van der Waals surface area contributed by atoms with Crippen molar-refractivity contribution in [2.75, 3.05) is 12.4 Å². The minimum Gasteiger partial charge on any atom is -0.467 e. The standard InChI is InChI=1S/C16H19N3O4/c1-11(20)18-13-8-6-12(7-9-13)15(21)19-14(16(22)23-2)5-3-4-10-17/h6-9,14H,3-5H2,1-2H3,(H,18,20)(H,19,21)/t14-/m0/s1. The van der Waals surface area contributed by atoms with E-state index < -0.39 is 17.9 Å². The number of nitrogens with zero attached hydrogens (tertiary/aromatic N) is 1. The van der Waals surface area contributed by atoms with Gasteiger partial charge in [0.25, 0.3) is 5.91 Å². The summed E-state index contributed by atoms with van der Waals surface area (Å²) in [5.41, 5.74) is 0.931. The number of nitriles is 1. The number of anilines is 1. The van der Waals surface area contributed by atoms with Gasteiger partial charge in [0.1, 0.15) is 6.04 Å². The molecule has 0 spiro atoms. The van der Waals surface area contributed by atoms with Crippen LogP contribution in [0, 0.1) is 11.3 Å². The first-order valence-corrected chi connectivity index (χ1v) is 7.11. The van der Waals surface area contributed by atoms with E-state index in [9.17, 15) is 14.4 Å². The SMILES string of the molecule is COC(=O)[C@H](CCCC#N)NC(=O)c1ccc(NC(C)=O)cc1. The first-order valence-electron chi connectivity index (χ1n) is 7.11. The Morgan fingerprint density at radius 2 is 1.91 bits per heavy atom. The minimum absolute atomic E-state index is 0.203. The van der Waals surface area contributed by atoms with E-state index in [1.807, 2.05) is 6.07 Å². The lowest BCUT2D eigenvalue weighted by atomic mass is 10.1. The van der Waals surface area contributed by atoms with Crippen LogP contribution < -0.4 is 10.6 Å². The van der Waals surface area contributed by atoms with Gasteiger partial charge in [-0.3, -0.25) is 9.59 Å². The van der Waals surface area contributed by atoms with Crippen LogP contribution in [-0.4, -0.2) is 30.9 Å². The number of nitrogens with one attached hydrogen (secondary N) is 2. The van der Waals surface area contributed by atoms with Gasteiger partial charge in [0.2, 0.25) is 5.91 Å². The molecule has 122 valence electrons. The van der Waals surface area contributed by atoms with E-state index in [0.717, 1.165) is 0 Å². The Morgan fingerprint density at radius 1 is 1.26 bits per heavy atom. The Labute approximate surface area is 134 Å². The lowest BCUT2D eigenvalue weighted by Gasteiger charge is -2.16. The summed E-state index contributed by atoms with van der Waals surface area (Å²) in [6.07, 6.45) is 1.11. The van der Waals surface area contributed by atoms with Gasteiger partial charge in [0, 0.05) is 24.6 Å². The molecule has 23 heavy (non-hydrogen) atoms. The zero-order valence-electron chi connectivity index (χ0n) is 13.1. The third-order valence-electron chi connectivity index (χ3n) is 3.04. The highest BCUT2D eigenvalue weighted by Crippen LogP contribution is 2.10. The molecule has 0 saturated heterocycles. The number of amides is 2. The Bertz CT molecular complexity index is 605. The Balaban J connectivity index is 2.71. The van der Waals surface area contributed by atoms with Gasteiger partial charge >= 0.3 is 5.97 Å². The summed E-state index contributed by atoms with van der Waals surface area (Å²) in [6.45, 7) is 1.39. The number of ether oxygens (including phenoxy) is 1. The molecule has 1 atom stereocenters. The van der Waals surface area contributed by atoms with Crippen LogP contribution in [0.15, 0.2) is 24.3 Å². The fourth-order valence-electron chi connectivity index (χ4n) is 1.93. The van der Waals surface area contributed by atoms with Crippen LogP contribution >= 0.6 is 0 Å². The highest BCUT2D eigenvalue weighted by Gasteiger charge is 2.21. The van der Waals surface area contributed by atoms with Gasteiger partial charge < -0.3 is 15.4 Å². The molecule has 0 unspecified atom stereocenters. The summed E-state index contributed by atoms with van der Waals surface area (Å²) in [5, 5.41) is 13.7. The maximum absolute atomic E-state index is 12.2. The lowest BCUT2D eigenvalue weighted by molar-refractivity contribution is -0.143. The summed E-state index contributed by atoms with van der Waals surface area (Å²) in [5.74, 6) is -1.18. The van der Waals surface area contributed by atoms with Crippen molar-refractivity contribution < 1.29 is 19.1 Å². The molecular formula is C16H19N3O4. The molecule has 0 heterocycles. The number of rotatable bonds is 7. The number of carbonyl (C=O) groups excluding carboxylic acids is 3. The molecule has 0 fully saturated rings. The minimum atomic E-state index is -0.795. The molecule has 0 aliphatic rings. The second-order valence-electron chi connectivity index (χ2n) is 4.86. The number of carbonyl (C=O) groups is 3. The molecule has 0 aromatic heterocycles. The summed E-state index contributed by atoms with van der Waals surface area (Å²) in [6, 6.07) is 7.48. The van der Waals surface area contributed by atoms with Crippen molar-refractivity contribution in [3.8, 4) is 6.07 Å². The number of benzene rings is 1. The van der Waals surface area contributed by atoms with Gasteiger partial charge in [0.05, 0.1) is 13.2 Å². The van der Waals surface area contributed by atoms with Crippen LogP contribution in [0.4, 0.5) is 5.69 Å². The van der Waals surface area contributed by atoms with Crippen LogP contribution in [0.5, 0.6) is 0 Å². The van der Waals surface area contributed by atoms with E-state index in [4.69, 9.17) is 5.26 Å². The van der Waals surface area contributed by atoms with Gasteiger partial charge in [-0.25, -0.2) is 4.79 Å². The first kappa shape index (κ1) is 18.2. The second-order valence-corrected chi connectivity index (χ2v) is 4.86. The van der Waals surface area contributed by atoms with E-state index >= 15 is 0 Å². The van der Waals surface area contributed by atoms with Gasteiger partial charge in [-0.05, 0) is 37.1 Å². The molecule has 1 aromatic carbocycles. The average molecular weight is 317 g/mol. The molecule has 1 rings (SSSR count). The topological polar surface area (TPSA) is 108 Å². The van der Waals surface area contributed by atoms with E-state index in [2.05, 4.69) is 15.4 Å². The molecule has 7 nitrogen and oxygen atoms in total. The van der Waals surface area contributed by atoms with Crippen molar-refractivity contribution in [3.05, 3.63) is 29.8 Å². The van der Waals surface area contributed by atoms with Crippen molar-refractivity contribution in [1.29, 1.82) is 5.26 Å². The molecule has 0 aliphatic heterocycles. The van der Waals surface area contributed by atoms with Crippen molar-refractivity contribution in [3.63, 3.8) is 0 Å². The van der Waals surface area contributed by atoms with Crippen molar-refractivity contribution >= 4 is 23.5 Å². The van der Waals surface area contributed by atoms with Crippen LogP contribution in [0.25, 0.3) is 0 Å². The Morgan fingerprint density at radius 3 is 2.43 bits per heavy atom. The molecule has 0 aliphatic carbocycles. The van der Waals surface area contributed by atoms with Crippen LogP contribution in [0.1, 0.15) is 36.5 Å².